The predicted octanol–water partition coefficient (Wildman–Crippen LogP) is 3.30. The molecular weight excluding hydrogens is 236 g/mol. The third kappa shape index (κ3) is 4.67. The summed E-state index contributed by atoms with van der Waals surface area (Å²) in [5.41, 5.74) is 7.78. The van der Waals surface area contributed by atoms with Gasteiger partial charge in [0.1, 0.15) is 0 Å². The van der Waals surface area contributed by atoms with E-state index in [9.17, 15) is 4.79 Å². The van der Waals surface area contributed by atoms with E-state index >= 15 is 0 Å². The first-order chi connectivity index (χ1) is 8.88. The van der Waals surface area contributed by atoms with Crippen LogP contribution in [0.1, 0.15) is 46.1 Å². The van der Waals surface area contributed by atoms with Crippen LogP contribution in [0.2, 0.25) is 0 Å². The van der Waals surface area contributed by atoms with Gasteiger partial charge in [-0.05, 0) is 42.5 Å². The number of benzene rings is 1. The predicted molar refractivity (Wildman–Crippen MR) is 81.2 cm³/mol. The van der Waals surface area contributed by atoms with E-state index in [0.717, 1.165) is 18.5 Å². The maximum Gasteiger partial charge on any atom is 0.227 e. The van der Waals surface area contributed by atoms with Gasteiger partial charge in [0, 0.05) is 11.6 Å². The molecule has 3 N–H and O–H groups in total. The fourth-order valence-corrected chi connectivity index (χ4v) is 2.02. The molecule has 1 amide bonds. The molecule has 0 bridgehead atoms. The van der Waals surface area contributed by atoms with E-state index in [4.69, 9.17) is 5.73 Å². The first-order valence-electron chi connectivity index (χ1n) is 7.00. The summed E-state index contributed by atoms with van der Waals surface area (Å²) in [7, 11) is 0. The highest BCUT2D eigenvalue weighted by Crippen LogP contribution is 2.23. The minimum atomic E-state index is 0.00675. The molecule has 19 heavy (non-hydrogen) atoms. The van der Waals surface area contributed by atoms with Gasteiger partial charge >= 0.3 is 0 Å². The molecule has 0 saturated heterocycles. The van der Waals surface area contributed by atoms with Crippen molar-refractivity contribution in [1.29, 1.82) is 0 Å². The second-order valence-corrected chi connectivity index (χ2v) is 6.00. The van der Waals surface area contributed by atoms with Crippen molar-refractivity contribution in [3.8, 4) is 0 Å². The van der Waals surface area contributed by atoms with Crippen LogP contribution in [0.25, 0.3) is 0 Å². The summed E-state index contributed by atoms with van der Waals surface area (Å²) < 4.78 is 0. The Bertz CT molecular complexity index is 404. The van der Waals surface area contributed by atoms with Crippen LogP contribution in [-0.2, 0) is 10.2 Å². The number of carbonyl (C=O) groups is 1. The highest BCUT2D eigenvalue weighted by molar-refractivity contribution is 5.92. The monoisotopic (exact) mass is 262 g/mol. The van der Waals surface area contributed by atoms with Gasteiger partial charge in [-0.15, -0.1) is 0 Å². The van der Waals surface area contributed by atoms with Crippen molar-refractivity contribution in [2.45, 2.75) is 46.0 Å². The normalized spacial score (nSPS) is 13.1. The van der Waals surface area contributed by atoms with Gasteiger partial charge in [-0.25, -0.2) is 0 Å². The molecule has 1 atom stereocenters. The number of hydrogen-bond donors (Lipinski definition) is 2. The van der Waals surface area contributed by atoms with Crippen molar-refractivity contribution >= 4 is 11.6 Å². The molecule has 0 aliphatic carbocycles. The lowest BCUT2D eigenvalue weighted by atomic mass is 9.87. The van der Waals surface area contributed by atoms with Crippen molar-refractivity contribution in [3.63, 3.8) is 0 Å². The zero-order chi connectivity index (χ0) is 14.5. The molecule has 1 unspecified atom stereocenters. The Morgan fingerprint density at radius 1 is 1.26 bits per heavy atom. The summed E-state index contributed by atoms with van der Waals surface area (Å²) in [4.78, 5) is 12.0. The van der Waals surface area contributed by atoms with E-state index in [2.05, 4.69) is 38.2 Å². The van der Waals surface area contributed by atoms with Gasteiger partial charge in [0.2, 0.25) is 5.91 Å². The second-order valence-electron chi connectivity index (χ2n) is 6.00. The quantitative estimate of drug-likeness (QED) is 0.855. The first kappa shape index (κ1) is 15.7. The Morgan fingerprint density at radius 3 is 2.26 bits per heavy atom. The van der Waals surface area contributed by atoms with Crippen molar-refractivity contribution in [2.24, 2.45) is 11.7 Å². The molecule has 0 radical (unpaired) electrons. The first-order valence-corrected chi connectivity index (χ1v) is 7.00. The fraction of sp³-hybridized carbons (Fsp3) is 0.562. The lowest BCUT2D eigenvalue weighted by Gasteiger charge is -2.19. The van der Waals surface area contributed by atoms with Gasteiger partial charge < -0.3 is 11.1 Å². The van der Waals surface area contributed by atoms with Crippen LogP contribution < -0.4 is 11.1 Å². The molecule has 1 rings (SSSR count). The molecule has 106 valence electrons. The molecule has 0 aliphatic rings. The van der Waals surface area contributed by atoms with Gasteiger partial charge in [-0.2, -0.15) is 0 Å². The minimum absolute atomic E-state index is 0.00675. The van der Waals surface area contributed by atoms with Gasteiger partial charge in [0.05, 0.1) is 0 Å². The largest absolute Gasteiger partial charge is 0.330 e. The summed E-state index contributed by atoms with van der Waals surface area (Å²) >= 11 is 0. The Labute approximate surface area is 116 Å². The fourth-order valence-electron chi connectivity index (χ4n) is 2.02. The Morgan fingerprint density at radius 2 is 1.84 bits per heavy atom. The van der Waals surface area contributed by atoms with Gasteiger partial charge in [-0.1, -0.05) is 39.8 Å². The van der Waals surface area contributed by atoms with Gasteiger partial charge in [-0.3, -0.25) is 4.79 Å². The average molecular weight is 262 g/mol. The number of anilines is 1. The maximum atomic E-state index is 12.0. The van der Waals surface area contributed by atoms with Gasteiger partial charge in [0.25, 0.3) is 0 Å². The number of amides is 1. The highest BCUT2D eigenvalue weighted by Gasteiger charge is 2.16. The van der Waals surface area contributed by atoms with Crippen LogP contribution in [0.4, 0.5) is 5.69 Å². The van der Waals surface area contributed by atoms with Crippen LogP contribution in [0, 0.1) is 5.92 Å². The van der Waals surface area contributed by atoms with Gasteiger partial charge in [0.15, 0.2) is 0 Å². The molecule has 0 aromatic heterocycles. The standard InChI is InChI=1S/C16H26N2O/c1-5-12(10-11-17)15(19)18-14-8-6-13(7-9-14)16(2,3)4/h6-9,12H,5,10-11,17H2,1-4H3,(H,18,19). The molecule has 0 spiro atoms. The van der Waals surface area contributed by atoms with Crippen molar-refractivity contribution in [2.75, 3.05) is 11.9 Å². The number of nitrogens with two attached hydrogens (primary N) is 1. The third-order valence-corrected chi connectivity index (χ3v) is 3.40. The topological polar surface area (TPSA) is 55.1 Å². The third-order valence-electron chi connectivity index (χ3n) is 3.40. The van der Waals surface area contributed by atoms with Crippen LogP contribution in [0.3, 0.4) is 0 Å². The van der Waals surface area contributed by atoms with E-state index < -0.39 is 0 Å². The van der Waals surface area contributed by atoms with Crippen LogP contribution in [-0.4, -0.2) is 12.5 Å². The zero-order valence-corrected chi connectivity index (χ0v) is 12.5. The summed E-state index contributed by atoms with van der Waals surface area (Å²) in [5.74, 6) is 0.0729. The average Bonchev–Trinajstić information content (AvgIpc) is 2.35. The molecule has 0 aliphatic heterocycles. The highest BCUT2D eigenvalue weighted by atomic mass is 16.1. The minimum Gasteiger partial charge on any atom is -0.330 e. The van der Waals surface area contributed by atoms with Crippen molar-refractivity contribution in [3.05, 3.63) is 29.8 Å². The number of nitrogens with one attached hydrogen (secondary N) is 1. The van der Waals surface area contributed by atoms with Crippen molar-refractivity contribution < 1.29 is 4.79 Å². The molecular formula is C16H26N2O. The number of rotatable bonds is 5. The number of carbonyl (C=O) groups excluding carboxylic acids is 1. The van der Waals surface area contributed by atoms with E-state index in [1.165, 1.54) is 5.56 Å². The van der Waals surface area contributed by atoms with Crippen LogP contribution in [0.15, 0.2) is 24.3 Å². The van der Waals surface area contributed by atoms with E-state index in [1.54, 1.807) is 0 Å². The lowest BCUT2D eigenvalue weighted by molar-refractivity contribution is -0.120. The summed E-state index contributed by atoms with van der Waals surface area (Å²) in [6.07, 6.45) is 1.56. The molecule has 3 heteroatoms. The van der Waals surface area contributed by atoms with Crippen LogP contribution in [0.5, 0.6) is 0 Å². The lowest BCUT2D eigenvalue weighted by Crippen LogP contribution is -2.24. The SMILES string of the molecule is CCC(CCN)C(=O)Nc1ccc(C(C)(C)C)cc1. The maximum absolute atomic E-state index is 12.0. The molecule has 1 aromatic rings. The summed E-state index contributed by atoms with van der Waals surface area (Å²) in [6, 6.07) is 8.07. The van der Waals surface area contributed by atoms with E-state index in [1.807, 2.05) is 19.1 Å². The Kier molecular flexibility index (Phi) is 5.55. The molecule has 0 saturated carbocycles. The molecule has 1 aromatic carbocycles. The number of hydrogen-bond acceptors (Lipinski definition) is 2. The van der Waals surface area contributed by atoms with Crippen molar-refractivity contribution in [1.82, 2.24) is 0 Å². The van der Waals surface area contributed by atoms with E-state index in [-0.39, 0.29) is 17.2 Å². The zero-order valence-electron chi connectivity index (χ0n) is 12.5. The Balaban J connectivity index is 2.70. The smallest absolute Gasteiger partial charge is 0.227 e. The van der Waals surface area contributed by atoms with E-state index in [0.29, 0.717) is 6.54 Å². The molecule has 3 nitrogen and oxygen atoms in total. The Hall–Kier alpha value is -1.35. The second kappa shape index (κ2) is 6.71. The summed E-state index contributed by atoms with van der Waals surface area (Å²) in [6.45, 7) is 9.09. The molecule has 0 fully saturated rings. The van der Waals surface area contributed by atoms with Crippen LogP contribution >= 0.6 is 0 Å². The summed E-state index contributed by atoms with van der Waals surface area (Å²) in [5, 5.41) is 2.96. The molecule has 0 heterocycles.